The third-order valence-corrected chi connectivity index (χ3v) is 5.15. The summed E-state index contributed by atoms with van der Waals surface area (Å²) in [5, 5.41) is 15.4. The first-order chi connectivity index (χ1) is 13.6. The summed E-state index contributed by atoms with van der Waals surface area (Å²) in [6.07, 6.45) is 7.16. The summed E-state index contributed by atoms with van der Waals surface area (Å²) in [5.41, 5.74) is 11.0. The van der Waals surface area contributed by atoms with E-state index < -0.39 is 5.91 Å². The highest BCUT2D eigenvalue weighted by molar-refractivity contribution is 6.06. The molecular weight excluding hydrogens is 348 g/mol. The molecule has 3 rings (SSSR count). The van der Waals surface area contributed by atoms with Crippen LogP contribution < -0.4 is 16.4 Å². The van der Waals surface area contributed by atoms with Crippen LogP contribution in [0.25, 0.3) is 0 Å². The quantitative estimate of drug-likeness (QED) is 0.401. The summed E-state index contributed by atoms with van der Waals surface area (Å²) in [6, 6.07) is 15.5. The number of fused-ring (bicyclic) bond motifs is 1. The third kappa shape index (κ3) is 4.72. The number of nitrogen functional groups attached to an aromatic ring is 1. The SMILES string of the molecule is CCC(N/C=C(/C#N)C(=O)Nc1ccc(N)cc1)c1ccc2c(c1)CCCC2. The van der Waals surface area contributed by atoms with Crippen molar-refractivity contribution in [3.63, 3.8) is 0 Å². The normalized spacial score (nSPS) is 14.5. The number of amides is 1. The number of carbonyl (C=O) groups excluding carboxylic acids is 1. The second-order valence-corrected chi connectivity index (χ2v) is 7.11. The number of aryl methyl sites for hydroxylation is 2. The first-order valence-electron chi connectivity index (χ1n) is 9.75. The van der Waals surface area contributed by atoms with Crippen LogP contribution in [0.2, 0.25) is 0 Å². The van der Waals surface area contributed by atoms with E-state index in [2.05, 4.69) is 35.8 Å². The van der Waals surface area contributed by atoms with Gasteiger partial charge in [0.2, 0.25) is 0 Å². The van der Waals surface area contributed by atoms with Crippen molar-refractivity contribution < 1.29 is 4.79 Å². The molecule has 1 aliphatic carbocycles. The van der Waals surface area contributed by atoms with E-state index in [4.69, 9.17) is 5.73 Å². The monoisotopic (exact) mass is 374 g/mol. The molecule has 28 heavy (non-hydrogen) atoms. The second kappa shape index (κ2) is 9.09. The predicted octanol–water partition coefficient (Wildman–Crippen LogP) is 4.23. The molecule has 0 fully saturated rings. The molecule has 1 unspecified atom stereocenters. The van der Waals surface area contributed by atoms with Crippen molar-refractivity contribution in [2.75, 3.05) is 11.1 Å². The molecule has 144 valence electrons. The highest BCUT2D eigenvalue weighted by Crippen LogP contribution is 2.26. The molecule has 1 aliphatic rings. The average Bonchev–Trinajstić information content (AvgIpc) is 2.72. The number of hydrogen-bond donors (Lipinski definition) is 3. The van der Waals surface area contributed by atoms with Gasteiger partial charge < -0.3 is 16.4 Å². The zero-order valence-electron chi connectivity index (χ0n) is 16.2. The largest absolute Gasteiger partial charge is 0.399 e. The van der Waals surface area contributed by atoms with Gasteiger partial charge in [-0.15, -0.1) is 0 Å². The lowest BCUT2D eigenvalue weighted by Crippen LogP contribution is -2.20. The molecule has 1 amide bonds. The molecule has 0 radical (unpaired) electrons. The van der Waals surface area contributed by atoms with E-state index in [0.29, 0.717) is 11.4 Å². The highest BCUT2D eigenvalue weighted by Gasteiger charge is 2.15. The Morgan fingerprint density at radius 1 is 1.18 bits per heavy atom. The third-order valence-electron chi connectivity index (χ3n) is 5.15. The molecule has 5 nitrogen and oxygen atoms in total. The van der Waals surface area contributed by atoms with E-state index >= 15 is 0 Å². The van der Waals surface area contributed by atoms with Crippen LogP contribution in [0, 0.1) is 11.3 Å². The average molecular weight is 374 g/mol. The second-order valence-electron chi connectivity index (χ2n) is 7.11. The van der Waals surface area contributed by atoms with Gasteiger partial charge in [0.15, 0.2) is 0 Å². The van der Waals surface area contributed by atoms with E-state index in [-0.39, 0.29) is 11.6 Å². The number of nitrogens with two attached hydrogens (primary N) is 1. The molecule has 0 saturated heterocycles. The van der Waals surface area contributed by atoms with Gasteiger partial charge in [-0.2, -0.15) is 5.26 Å². The van der Waals surface area contributed by atoms with Crippen molar-refractivity contribution in [3.8, 4) is 6.07 Å². The number of nitrogens with zero attached hydrogens (tertiary/aromatic N) is 1. The highest BCUT2D eigenvalue weighted by atomic mass is 16.1. The van der Waals surface area contributed by atoms with Gasteiger partial charge in [0.1, 0.15) is 11.6 Å². The van der Waals surface area contributed by atoms with Crippen molar-refractivity contribution in [1.29, 1.82) is 5.26 Å². The Bertz CT molecular complexity index is 909. The van der Waals surface area contributed by atoms with Crippen LogP contribution in [0.3, 0.4) is 0 Å². The summed E-state index contributed by atoms with van der Waals surface area (Å²) in [4.78, 5) is 12.4. The minimum absolute atomic E-state index is 0.0354. The lowest BCUT2D eigenvalue weighted by molar-refractivity contribution is -0.112. The molecule has 0 bridgehead atoms. The number of rotatable bonds is 6. The Hall–Kier alpha value is -3.26. The van der Waals surface area contributed by atoms with Gasteiger partial charge in [-0.1, -0.05) is 25.1 Å². The molecule has 4 N–H and O–H groups in total. The van der Waals surface area contributed by atoms with Crippen LogP contribution in [0.4, 0.5) is 11.4 Å². The van der Waals surface area contributed by atoms with Gasteiger partial charge in [0.05, 0.1) is 6.04 Å². The molecule has 5 heteroatoms. The van der Waals surface area contributed by atoms with Gasteiger partial charge in [0, 0.05) is 17.6 Å². The van der Waals surface area contributed by atoms with Gasteiger partial charge >= 0.3 is 0 Å². The number of carbonyl (C=O) groups is 1. The molecule has 1 atom stereocenters. The Labute approximate surface area is 166 Å². The van der Waals surface area contributed by atoms with E-state index in [1.165, 1.54) is 35.7 Å². The maximum Gasteiger partial charge on any atom is 0.267 e. The minimum Gasteiger partial charge on any atom is -0.399 e. The van der Waals surface area contributed by atoms with Gasteiger partial charge in [-0.3, -0.25) is 4.79 Å². The van der Waals surface area contributed by atoms with Crippen LogP contribution in [-0.4, -0.2) is 5.91 Å². The van der Waals surface area contributed by atoms with Crippen LogP contribution in [0.1, 0.15) is 48.9 Å². The lowest BCUT2D eigenvalue weighted by Gasteiger charge is -2.21. The Kier molecular flexibility index (Phi) is 6.33. The molecule has 0 heterocycles. The number of nitriles is 1. The maximum atomic E-state index is 12.4. The summed E-state index contributed by atoms with van der Waals surface area (Å²) in [7, 11) is 0. The van der Waals surface area contributed by atoms with Crippen LogP contribution in [-0.2, 0) is 17.6 Å². The van der Waals surface area contributed by atoms with Crippen LogP contribution >= 0.6 is 0 Å². The van der Waals surface area contributed by atoms with E-state index in [0.717, 1.165) is 19.3 Å². The Morgan fingerprint density at radius 2 is 1.89 bits per heavy atom. The maximum absolute atomic E-state index is 12.4. The lowest BCUT2D eigenvalue weighted by atomic mass is 9.89. The topological polar surface area (TPSA) is 90.9 Å². The van der Waals surface area contributed by atoms with E-state index in [1.807, 2.05) is 6.07 Å². The molecule has 0 aromatic heterocycles. The first-order valence-corrected chi connectivity index (χ1v) is 9.75. The van der Waals surface area contributed by atoms with Gasteiger partial charge in [0.25, 0.3) is 5.91 Å². The first kappa shape index (κ1) is 19.5. The fourth-order valence-electron chi connectivity index (χ4n) is 3.52. The fourth-order valence-corrected chi connectivity index (χ4v) is 3.52. The van der Waals surface area contributed by atoms with Crippen molar-refractivity contribution in [2.24, 2.45) is 0 Å². The van der Waals surface area contributed by atoms with E-state index in [1.54, 1.807) is 24.3 Å². The minimum atomic E-state index is -0.444. The smallest absolute Gasteiger partial charge is 0.267 e. The molecule has 2 aromatic carbocycles. The summed E-state index contributed by atoms with van der Waals surface area (Å²) in [6.45, 7) is 2.09. The van der Waals surface area contributed by atoms with E-state index in [9.17, 15) is 10.1 Å². The standard InChI is InChI=1S/C23H26N4O/c1-2-22(18-8-7-16-5-3-4-6-17(16)13-18)26-15-19(14-24)23(28)27-21-11-9-20(25)10-12-21/h7-13,15,22,26H,2-6,25H2,1H3,(H,27,28)/b19-15-. The summed E-state index contributed by atoms with van der Waals surface area (Å²) < 4.78 is 0. The number of hydrogen-bond acceptors (Lipinski definition) is 4. The van der Waals surface area contributed by atoms with Crippen molar-refractivity contribution in [2.45, 2.75) is 45.1 Å². The van der Waals surface area contributed by atoms with Crippen molar-refractivity contribution in [3.05, 3.63) is 70.9 Å². The summed E-state index contributed by atoms with van der Waals surface area (Å²) in [5.74, 6) is -0.444. The predicted molar refractivity (Wildman–Crippen MR) is 112 cm³/mol. The zero-order chi connectivity index (χ0) is 19.9. The molecule has 0 spiro atoms. The molecule has 2 aromatic rings. The molecule has 0 saturated carbocycles. The Morgan fingerprint density at radius 3 is 2.57 bits per heavy atom. The van der Waals surface area contributed by atoms with Crippen molar-refractivity contribution >= 4 is 17.3 Å². The summed E-state index contributed by atoms with van der Waals surface area (Å²) >= 11 is 0. The van der Waals surface area contributed by atoms with Crippen molar-refractivity contribution in [1.82, 2.24) is 5.32 Å². The van der Waals surface area contributed by atoms with Crippen LogP contribution in [0.15, 0.2) is 54.2 Å². The number of anilines is 2. The number of benzene rings is 2. The van der Waals surface area contributed by atoms with Gasteiger partial charge in [-0.05, 0) is 73.1 Å². The molecule has 0 aliphatic heterocycles. The number of nitrogens with one attached hydrogen (secondary N) is 2. The molecular formula is C23H26N4O. The van der Waals surface area contributed by atoms with Crippen LogP contribution in [0.5, 0.6) is 0 Å². The van der Waals surface area contributed by atoms with Gasteiger partial charge in [-0.25, -0.2) is 0 Å². The zero-order valence-corrected chi connectivity index (χ0v) is 16.2. The fraction of sp³-hybridized carbons (Fsp3) is 0.304. The Balaban J connectivity index is 1.70.